The molecule has 0 heterocycles. The highest BCUT2D eigenvalue weighted by atomic mass is 16.5. The maximum atomic E-state index is 12.7. The Balaban J connectivity index is 1.65. The normalized spacial score (nSPS) is 15.7. The Bertz CT molecular complexity index is 769. The van der Waals surface area contributed by atoms with Gasteiger partial charge in [0.15, 0.2) is 6.10 Å². The highest BCUT2D eigenvalue weighted by Gasteiger charge is 2.21. The number of ether oxygens (including phenoxy) is 1. The monoisotopic (exact) mass is 351 g/mol. The first-order valence-corrected chi connectivity index (χ1v) is 9.72. The zero-order chi connectivity index (χ0) is 18.5. The lowest BCUT2D eigenvalue weighted by atomic mass is 9.89. The number of rotatable bonds is 6. The molecule has 0 bridgehead atoms. The molecule has 1 amide bonds. The van der Waals surface area contributed by atoms with E-state index in [0.717, 1.165) is 17.7 Å². The molecule has 1 aliphatic carbocycles. The molecular formula is C23H29NO2. The van der Waals surface area contributed by atoms with E-state index in [-0.39, 0.29) is 11.9 Å². The Kier molecular flexibility index (Phi) is 5.97. The maximum absolute atomic E-state index is 12.7. The first-order chi connectivity index (χ1) is 12.6. The summed E-state index contributed by atoms with van der Waals surface area (Å²) in [7, 11) is 0. The van der Waals surface area contributed by atoms with Crippen molar-refractivity contribution in [2.45, 2.75) is 65.0 Å². The number of amides is 1. The van der Waals surface area contributed by atoms with Crippen LogP contribution in [0.1, 0.15) is 61.4 Å². The average Bonchev–Trinajstić information content (AvgIpc) is 2.65. The summed E-state index contributed by atoms with van der Waals surface area (Å²) in [5.74, 6) is 0.688. The summed E-state index contributed by atoms with van der Waals surface area (Å²) in [6.07, 6.45) is 5.04. The van der Waals surface area contributed by atoms with Crippen LogP contribution in [-0.4, -0.2) is 12.0 Å². The van der Waals surface area contributed by atoms with Crippen LogP contribution in [-0.2, 0) is 17.6 Å². The van der Waals surface area contributed by atoms with E-state index in [2.05, 4.69) is 23.5 Å². The number of aryl methyl sites for hydroxylation is 3. The van der Waals surface area contributed by atoms with Gasteiger partial charge < -0.3 is 10.1 Å². The number of fused-ring (bicyclic) bond motifs is 1. The lowest BCUT2D eigenvalue weighted by Gasteiger charge is -2.23. The Labute approximate surface area is 156 Å². The van der Waals surface area contributed by atoms with Gasteiger partial charge >= 0.3 is 0 Å². The van der Waals surface area contributed by atoms with Crippen molar-refractivity contribution in [2.75, 3.05) is 0 Å². The summed E-state index contributed by atoms with van der Waals surface area (Å²) in [4.78, 5) is 12.7. The molecule has 0 saturated heterocycles. The second kappa shape index (κ2) is 8.39. The maximum Gasteiger partial charge on any atom is 0.261 e. The van der Waals surface area contributed by atoms with Crippen molar-refractivity contribution in [2.24, 2.45) is 0 Å². The summed E-state index contributed by atoms with van der Waals surface area (Å²) >= 11 is 0. The van der Waals surface area contributed by atoms with E-state index >= 15 is 0 Å². The van der Waals surface area contributed by atoms with Crippen LogP contribution >= 0.6 is 0 Å². The summed E-state index contributed by atoms with van der Waals surface area (Å²) in [5.41, 5.74) is 5.20. The summed E-state index contributed by atoms with van der Waals surface area (Å²) in [5, 5.41) is 3.12. The van der Waals surface area contributed by atoms with Crippen molar-refractivity contribution < 1.29 is 9.53 Å². The minimum absolute atomic E-state index is 0.0233. The number of hydrogen-bond donors (Lipinski definition) is 1. The van der Waals surface area contributed by atoms with Gasteiger partial charge in [-0.25, -0.2) is 0 Å². The van der Waals surface area contributed by atoms with Gasteiger partial charge in [-0.2, -0.15) is 0 Å². The van der Waals surface area contributed by atoms with Crippen molar-refractivity contribution >= 4 is 5.91 Å². The molecule has 0 fully saturated rings. The van der Waals surface area contributed by atoms with E-state index < -0.39 is 6.10 Å². The Morgan fingerprint density at radius 2 is 1.88 bits per heavy atom. The number of carbonyl (C=O) groups excluding carboxylic acids is 1. The number of hydrogen-bond acceptors (Lipinski definition) is 2. The van der Waals surface area contributed by atoms with Crippen molar-refractivity contribution in [3.63, 3.8) is 0 Å². The zero-order valence-electron chi connectivity index (χ0n) is 16.0. The van der Waals surface area contributed by atoms with Crippen molar-refractivity contribution in [1.29, 1.82) is 0 Å². The van der Waals surface area contributed by atoms with Gasteiger partial charge in [0.25, 0.3) is 5.91 Å². The molecule has 26 heavy (non-hydrogen) atoms. The Hall–Kier alpha value is -2.29. The molecule has 138 valence electrons. The quantitative estimate of drug-likeness (QED) is 0.803. The molecule has 3 nitrogen and oxygen atoms in total. The van der Waals surface area contributed by atoms with Gasteiger partial charge in [-0.1, -0.05) is 37.3 Å². The summed E-state index contributed by atoms with van der Waals surface area (Å²) in [6, 6.07) is 14.5. The minimum atomic E-state index is -0.475. The Morgan fingerprint density at radius 1 is 1.12 bits per heavy atom. The van der Waals surface area contributed by atoms with Crippen LogP contribution in [0.2, 0.25) is 0 Å². The molecule has 0 radical (unpaired) electrons. The molecule has 0 aliphatic heterocycles. The highest BCUT2D eigenvalue weighted by Crippen LogP contribution is 2.25. The second-order valence-corrected chi connectivity index (χ2v) is 7.30. The topological polar surface area (TPSA) is 38.3 Å². The van der Waals surface area contributed by atoms with Crippen LogP contribution in [0.15, 0.2) is 42.5 Å². The van der Waals surface area contributed by atoms with Crippen LogP contribution in [0.25, 0.3) is 0 Å². The van der Waals surface area contributed by atoms with Gasteiger partial charge in [-0.15, -0.1) is 0 Å². The van der Waals surface area contributed by atoms with Gasteiger partial charge in [0.2, 0.25) is 0 Å². The van der Waals surface area contributed by atoms with E-state index in [9.17, 15) is 4.79 Å². The molecule has 3 rings (SSSR count). The van der Waals surface area contributed by atoms with Gasteiger partial charge in [0.05, 0.1) is 6.04 Å². The molecule has 2 aromatic rings. The third-order valence-electron chi connectivity index (χ3n) is 5.16. The lowest BCUT2D eigenvalue weighted by molar-refractivity contribution is -0.128. The molecule has 0 saturated carbocycles. The third kappa shape index (κ3) is 4.46. The fourth-order valence-corrected chi connectivity index (χ4v) is 3.59. The fraction of sp³-hybridized carbons (Fsp3) is 0.435. The molecule has 1 N–H and O–H groups in total. The highest BCUT2D eigenvalue weighted by molar-refractivity contribution is 5.81. The number of nitrogens with one attached hydrogen (secondary N) is 1. The minimum Gasteiger partial charge on any atom is -0.481 e. The lowest BCUT2D eigenvalue weighted by Crippen LogP contribution is -2.39. The van der Waals surface area contributed by atoms with Crippen molar-refractivity contribution in [1.82, 2.24) is 5.32 Å². The molecule has 2 aromatic carbocycles. The average molecular weight is 351 g/mol. The number of carbonyl (C=O) groups is 1. The first-order valence-electron chi connectivity index (χ1n) is 9.72. The molecular weight excluding hydrogens is 322 g/mol. The Morgan fingerprint density at radius 3 is 2.62 bits per heavy atom. The van der Waals surface area contributed by atoms with Crippen LogP contribution in [0.4, 0.5) is 0 Å². The van der Waals surface area contributed by atoms with Gasteiger partial charge in [0, 0.05) is 0 Å². The molecule has 1 aliphatic rings. The van der Waals surface area contributed by atoms with E-state index in [1.165, 1.54) is 36.0 Å². The van der Waals surface area contributed by atoms with Crippen LogP contribution in [0.5, 0.6) is 5.75 Å². The van der Waals surface area contributed by atoms with Crippen LogP contribution in [0, 0.1) is 6.92 Å². The molecule has 2 atom stereocenters. The molecule has 0 unspecified atom stereocenters. The number of benzene rings is 2. The summed E-state index contributed by atoms with van der Waals surface area (Å²) < 4.78 is 5.92. The van der Waals surface area contributed by atoms with E-state index in [1.807, 2.05) is 45.0 Å². The smallest absolute Gasteiger partial charge is 0.261 e. The molecule has 0 aromatic heterocycles. The largest absolute Gasteiger partial charge is 0.481 e. The second-order valence-electron chi connectivity index (χ2n) is 7.30. The van der Waals surface area contributed by atoms with Crippen LogP contribution < -0.4 is 10.1 Å². The van der Waals surface area contributed by atoms with E-state index in [1.54, 1.807) is 0 Å². The SMILES string of the molecule is CC[C@@H](Oc1cccc(C)c1)C(=O)N[C@H](C)c1ccc2c(c1)CCCC2. The predicted molar refractivity (Wildman–Crippen MR) is 106 cm³/mol. The predicted octanol–water partition coefficient (Wildman–Crippen LogP) is 4.91. The van der Waals surface area contributed by atoms with Crippen molar-refractivity contribution in [3.8, 4) is 5.75 Å². The van der Waals surface area contributed by atoms with E-state index in [4.69, 9.17) is 4.74 Å². The summed E-state index contributed by atoms with van der Waals surface area (Å²) in [6.45, 7) is 6.04. The van der Waals surface area contributed by atoms with Gasteiger partial charge in [0.1, 0.15) is 5.75 Å². The zero-order valence-corrected chi connectivity index (χ0v) is 16.0. The van der Waals surface area contributed by atoms with Gasteiger partial charge in [-0.05, 0) is 80.3 Å². The molecule has 0 spiro atoms. The fourth-order valence-electron chi connectivity index (χ4n) is 3.59. The standard InChI is InChI=1S/C23H29NO2/c1-4-22(26-21-11-7-8-16(2)14-21)23(25)24-17(3)19-13-12-18-9-5-6-10-20(18)15-19/h7-8,11-15,17,22H,4-6,9-10H2,1-3H3,(H,24,25)/t17-,22-/m1/s1. The van der Waals surface area contributed by atoms with Crippen LogP contribution in [0.3, 0.4) is 0 Å². The van der Waals surface area contributed by atoms with Gasteiger partial charge in [-0.3, -0.25) is 4.79 Å². The molecule has 3 heteroatoms. The first kappa shape index (κ1) is 18.5. The third-order valence-corrected chi connectivity index (χ3v) is 5.16. The van der Waals surface area contributed by atoms with E-state index in [0.29, 0.717) is 6.42 Å². The van der Waals surface area contributed by atoms with Crippen molar-refractivity contribution in [3.05, 3.63) is 64.7 Å².